The van der Waals surface area contributed by atoms with Crippen molar-refractivity contribution in [2.75, 3.05) is 26.4 Å². The van der Waals surface area contributed by atoms with E-state index in [2.05, 4.69) is 39.0 Å². The van der Waals surface area contributed by atoms with E-state index in [1.807, 2.05) is 11.8 Å². The molecule has 0 aromatic rings. The Morgan fingerprint density at radius 3 is 2.27 bits per heavy atom. The summed E-state index contributed by atoms with van der Waals surface area (Å²) in [6.07, 6.45) is 2.19. The highest BCUT2D eigenvalue weighted by molar-refractivity contribution is 7.99. The van der Waals surface area contributed by atoms with Crippen molar-refractivity contribution in [1.29, 1.82) is 0 Å². The van der Waals surface area contributed by atoms with E-state index < -0.39 is 0 Å². The average Bonchev–Trinajstić information content (AvgIpc) is 2.02. The molecular weight excluding hydrogens is 154 g/mol. The van der Waals surface area contributed by atoms with E-state index in [0.29, 0.717) is 0 Å². The molecule has 2 unspecified atom stereocenters. The number of nitrogens with zero attached hydrogens (tertiary/aromatic N) is 1. The molecule has 0 aromatic heterocycles. The van der Waals surface area contributed by atoms with Crippen LogP contribution in [0.3, 0.4) is 0 Å². The van der Waals surface area contributed by atoms with Crippen LogP contribution < -0.4 is 0 Å². The molecule has 0 aliphatic rings. The van der Waals surface area contributed by atoms with E-state index in [-0.39, 0.29) is 0 Å². The van der Waals surface area contributed by atoms with Crippen LogP contribution in [-0.2, 0) is 0 Å². The molecule has 0 N–H and O–H groups in total. The Morgan fingerprint density at radius 1 is 1.36 bits per heavy atom. The Balaban J connectivity index is 3.58. The average molecular weight is 175 g/mol. The molecule has 0 heterocycles. The fraction of sp³-hybridized carbons (Fsp3) is 1.00. The van der Waals surface area contributed by atoms with Gasteiger partial charge in [0.25, 0.3) is 0 Å². The van der Waals surface area contributed by atoms with Gasteiger partial charge in [0.2, 0.25) is 0 Å². The summed E-state index contributed by atoms with van der Waals surface area (Å²) in [7, 11) is 2.18. The standard InChI is InChI=1S/C9H21NS/c1-6-10(4)7-8(2)9(3)11-5/h8-9H,6-7H2,1-5H3. The normalized spacial score (nSPS) is 16.9. The summed E-state index contributed by atoms with van der Waals surface area (Å²) in [5.74, 6) is 0.801. The molecule has 0 amide bonds. The van der Waals surface area contributed by atoms with E-state index in [4.69, 9.17) is 0 Å². The van der Waals surface area contributed by atoms with Crippen molar-refractivity contribution in [3.8, 4) is 0 Å². The van der Waals surface area contributed by atoms with Gasteiger partial charge in [-0.25, -0.2) is 0 Å². The predicted molar refractivity (Wildman–Crippen MR) is 55.3 cm³/mol. The fourth-order valence-electron chi connectivity index (χ4n) is 1.00. The van der Waals surface area contributed by atoms with Gasteiger partial charge in [0, 0.05) is 11.8 Å². The van der Waals surface area contributed by atoms with Crippen LogP contribution in [0.2, 0.25) is 0 Å². The first kappa shape index (κ1) is 11.3. The van der Waals surface area contributed by atoms with Crippen LogP contribution in [0.5, 0.6) is 0 Å². The Labute approximate surface area is 75.5 Å². The highest BCUT2D eigenvalue weighted by Crippen LogP contribution is 2.16. The second kappa shape index (κ2) is 5.90. The molecule has 0 fully saturated rings. The van der Waals surface area contributed by atoms with Gasteiger partial charge < -0.3 is 4.90 Å². The van der Waals surface area contributed by atoms with E-state index in [0.717, 1.165) is 17.7 Å². The van der Waals surface area contributed by atoms with Crippen LogP contribution in [0, 0.1) is 5.92 Å². The molecule has 0 aliphatic carbocycles. The molecule has 2 atom stereocenters. The van der Waals surface area contributed by atoms with Crippen LogP contribution in [0.4, 0.5) is 0 Å². The Bertz CT molecular complexity index is 95.6. The van der Waals surface area contributed by atoms with Crippen LogP contribution in [0.15, 0.2) is 0 Å². The molecule has 0 bridgehead atoms. The van der Waals surface area contributed by atoms with Gasteiger partial charge in [-0.2, -0.15) is 11.8 Å². The van der Waals surface area contributed by atoms with Gasteiger partial charge in [0.1, 0.15) is 0 Å². The minimum atomic E-state index is 0.781. The first-order chi connectivity index (χ1) is 5.11. The molecule has 0 rings (SSSR count). The van der Waals surface area contributed by atoms with Crippen molar-refractivity contribution < 1.29 is 0 Å². The summed E-state index contributed by atoms with van der Waals surface area (Å²) in [5, 5.41) is 0.781. The minimum absolute atomic E-state index is 0.781. The monoisotopic (exact) mass is 175 g/mol. The van der Waals surface area contributed by atoms with Crippen LogP contribution in [0.1, 0.15) is 20.8 Å². The van der Waals surface area contributed by atoms with Crippen LogP contribution in [-0.4, -0.2) is 36.5 Å². The van der Waals surface area contributed by atoms with Gasteiger partial charge in [0.05, 0.1) is 0 Å². The van der Waals surface area contributed by atoms with Crippen LogP contribution >= 0.6 is 11.8 Å². The Hall–Kier alpha value is 0.310. The molecule has 68 valence electrons. The molecule has 1 nitrogen and oxygen atoms in total. The minimum Gasteiger partial charge on any atom is -0.306 e. The topological polar surface area (TPSA) is 3.24 Å². The molecule has 0 aliphatic heterocycles. The lowest BCUT2D eigenvalue weighted by atomic mass is 10.1. The zero-order valence-corrected chi connectivity index (χ0v) is 9.24. The lowest BCUT2D eigenvalue weighted by Crippen LogP contribution is -2.28. The third kappa shape index (κ3) is 4.70. The molecule has 0 saturated carbocycles. The number of rotatable bonds is 5. The molecule has 0 spiro atoms. The number of thioether (sulfide) groups is 1. The van der Waals surface area contributed by atoms with Gasteiger partial charge in [-0.15, -0.1) is 0 Å². The number of hydrogen-bond acceptors (Lipinski definition) is 2. The SMILES string of the molecule is CCN(C)CC(C)C(C)SC. The Morgan fingerprint density at radius 2 is 1.91 bits per heavy atom. The first-order valence-electron chi connectivity index (χ1n) is 4.33. The zero-order chi connectivity index (χ0) is 8.85. The molecule has 11 heavy (non-hydrogen) atoms. The third-order valence-corrected chi connectivity index (χ3v) is 3.52. The summed E-state index contributed by atoms with van der Waals surface area (Å²) >= 11 is 1.96. The second-order valence-electron chi connectivity index (χ2n) is 3.27. The fourth-order valence-corrected chi connectivity index (χ4v) is 1.55. The van der Waals surface area contributed by atoms with Gasteiger partial charge >= 0.3 is 0 Å². The van der Waals surface area contributed by atoms with Crippen molar-refractivity contribution in [2.45, 2.75) is 26.0 Å². The predicted octanol–water partition coefficient (Wildman–Crippen LogP) is 2.33. The van der Waals surface area contributed by atoms with Crippen molar-refractivity contribution in [3.05, 3.63) is 0 Å². The van der Waals surface area contributed by atoms with Gasteiger partial charge in [-0.3, -0.25) is 0 Å². The van der Waals surface area contributed by atoms with Crippen molar-refractivity contribution >= 4 is 11.8 Å². The summed E-state index contributed by atoms with van der Waals surface area (Å²) in [6, 6.07) is 0. The smallest absolute Gasteiger partial charge is 0.00537 e. The maximum absolute atomic E-state index is 2.37. The summed E-state index contributed by atoms with van der Waals surface area (Å²) < 4.78 is 0. The molecule has 0 aromatic carbocycles. The molecule has 0 saturated heterocycles. The molecular formula is C9H21NS. The quantitative estimate of drug-likeness (QED) is 0.631. The van der Waals surface area contributed by atoms with E-state index in [1.165, 1.54) is 6.54 Å². The zero-order valence-electron chi connectivity index (χ0n) is 8.42. The van der Waals surface area contributed by atoms with Gasteiger partial charge in [-0.05, 0) is 25.8 Å². The van der Waals surface area contributed by atoms with Crippen molar-refractivity contribution in [3.63, 3.8) is 0 Å². The summed E-state index contributed by atoms with van der Waals surface area (Å²) in [6.45, 7) is 9.21. The van der Waals surface area contributed by atoms with E-state index >= 15 is 0 Å². The van der Waals surface area contributed by atoms with Gasteiger partial charge in [-0.1, -0.05) is 20.8 Å². The molecule has 2 heteroatoms. The Kier molecular flexibility index (Phi) is 6.06. The summed E-state index contributed by atoms with van der Waals surface area (Å²) in [5.41, 5.74) is 0. The second-order valence-corrected chi connectivity index (χ2v) is 4.49. The van der Waals surface area contributed by atoms with Gasteiger partial charge in [0.15, 0.2) is 0 Å². The summed E-state index contributed by atoms with van der Waals surface area (Å²) in [4.78, 5) is 2.37. The third-order valence-electron chi connectivity index (χ3n) is 2.31. The lowest BCUT2D eigenvalue weighted by Gasteiger charge is -2.23. The maximum atomic E-state index is 2.37. The highest BCUT2D eigenvalue weighted by Gasteiger charge is 2.11. The van der Waals surface area contributed by atoms with Crippen molar-refractivity contribution in [1.82, 2.24) is 4.90 Å². The molecule has 0 radical (unpaired) electrons. The van der Waals surface area contributed by atoms with Crippen LogP contribution in [0.25, 0.3) is 0 Å². The first-order valence-corrected chi connectivity index (χ1v) is 5.61. The maximum Gasteiger partial charge on any atom is 0.00537 e. The number of hydrogen-bond donors (Lipinski definition) is 0. The highest BCUT2D eigenvalue weighted by atomic mass is 32.2. The van der Waals surface area contributed by atoms with Crippen molar-refractivity contribution in [2.24, 2.45) is 5.92 Å². The largest absolute Gasteiger partial charge is 0.306 e. The van der Waals surface area contributed by atoms with E-state index in [9.17, 15) is 0 Å². The lowest BCUT2D eigenvalue weighted by molar-refractivity contribution is 0.299. The van der Waals surface area contributed by atoms with E-state index in [1.54, 1.807) is 0 Å².